The maximum atomic E-state index is 12.2. The molecule has 0 amide bonds. The number of aliphatic hydroxyl groups is 1. The number of hydrogen-bond donors (Lipinski definition) is 1. The molecule has 1 aromatic rings. The Balaban J connectivity index is 1.36. The van der Waals surface area contributed by atoms with Crippen molar-refractivity contribution < 1.29 is 14.7 Å². The van der Waals surface area contributed by atoms with Crippen LogP contribution in [0.15, 0.2) is 23.9 Å². The SMILES string of the molecule is O=C1C(=O)c2ncccc2C(O)=C1CCCCCCCCC1CCCCC1. The van der Waals surface area contributed by atoms with Gasteiger partial charge in [0.15, 0.2) is 0 Å². The first-order valence-electron chi connectivity index (χ1n) is 10.6. The molecule has 1 saturated carbocycles. The topological polar surface area (TPSA) is 67.3 Å². The Morgan fingerprint density at radius 3 is 2.41 bits per heavy atom. The Hall–Kier alpha value is -1.97. The molecule has 0 aliphatic heterocycles. The summed E-state index contributed by atoms with van der Waals surface area (Å²) in [5.74, 6) is -0.275. The van der Waals surface area contributed by atoms with E-state index < -0.39 is 11.6 Å². The highest BCUT2D eigenvalue weighted by Crippen LogP contribution is 2.30. The van der Waals surface area contributed by atoms with E-state index in [0.717, 1.165) is 25.2 Å². The number of pyridine rings is 1. The summed E-state index contributed by atoms with van der Waals surface area (Å²) in [6.45, 7) is 0. The zero-order valence-electron chi connectivity index (χ0n) is 16.2. The number of Topliss-reactive ketones (excluding diaryl/α,β-unsaturated/α-hetero) is 2. The van der Waals surface area contributed by atoms with Crippen molar-refractivity contribution in [2.24, 2.45) is 5.92 Å². The van der Waals surface area contributed by atoms with Gasteiger partial charge in [0.1, 0.15) is 11.5 Å². The lowest BCUT2D eigenvalue weighted by Crippen LogP contribution is -2.25. The third-order valence-electron chi connectivity index (χ3n) is 6.06. The molecular weight excluding hydrogens is 338 g/mol. The lowest BCUT2D eigenvalue weighted by molar-refractivity contribution is -0.112. The number of rotatable bonds is 9. The first-order valence-corrected chi connectivity index (χ1v) is 10.6. The second-order valence-electron chi connectivity index (χ2n) is 8.05. The molecule has 2 aliphatic carbocycles. The first kappa shape index (κ1) is 19.8. The third-order valence-corrected chi connectivity index (χ3v) is 6.06. The van der Waals surface area contributed by atoms with Crippen molar-refractivity contribution in [3.8, 4) is 0 Å². The van der Waals surface area contributed by atoms with Gasteiger partial charge in [0, 0.05) is 17.3 Å². The van der Waals surface area contributed by atoms with Crippen LogP contribution in [0, 0.1) is 5.92 Å². The standard InChI is InChI=1S/C23H31NO3/c25-21-18-15-10-16-24-20(18)23(27)22(26)19(21)14-9-4-2-1-3-6-11-17-12-7-5-8-13-17/h10,15-17,25H,1-9,11-14H2. The van der Waals surface area contributed by atoms with Crippen LogP contribution in [0.1, 0.15) is 99.5 Å². The van der Waals surface area contributed by atoms with E-state index in [1.807, 2.05) is 0 Å². The van der Waals surface area contributed by atoms with Crippen LogP contribution in [0.5, 0.6) is 0 Å². The van der Waals surface area contributed by atoms with E-state index in [2.05, 4.69) is 4.98 Å². The number of fused-ring (bicyclic) bond motifs is 1. The van der Waals surface area contributed by atoms with Crippen molar-refractivity contribution in [1.29, 1.82) is 0 Å². The van der Waals surface area contributed by atoms with Crippen molar-refractivity contribution in [3.05, 3.63) is 35.2 Å². The van der Waals surface area contributed by atoms with Gasteiger partial charge in [-0.25, -0.2) is 0 Å². The molecule has 0 unspecified atom stereocenters. The normalized spacial score (nSPS) is 18.1. The average Bonchev–Trinajstić information content (AvgIpc) is 2.71. The van der Waals surface area contributed by atoms with Crippen LogP contribution in [0.4, 0.5) is 0 Å². The Kier molecular flexibility index (Phi) is 7.19. The van der Waals surface area contributed by atoms with Gasteiger partial charge in [0.2, 0.25) is 5.78 Å². The van der Waals surface area contributed by atoms with Crippen LogP contribution in [-0.2, 0) is 4.79 Å². The minimum absolute atomic E-state index is 0.0600. The smallest absolute Gasteiger partial charge is 0.252 e. The second-order valence-corrected chi connectivity index (χ2v) is 8.05. The molecular formula is C23H31NO3. The number of aromatic nitrogens is 1. The number of aliphatic hydroxyl groups excluding tert-OH is 1. The molecule has 1 N–H and O–H groups in total. The zero-order chi connectivity index (χ0) is 19.1. The van der Waals surface area contributed by atoms with Gasteiger partial charge in [-0.2, -0.15) is 0 Å². The van der Waals surface area contributed by atoms with E-state index in [1.165, 1.54) is 64.0 Å². The van der Waals surface area contributed by atoms with Crippen LogP contribution in [0.2, 0.25) is 0 Å². The molecule has 1 aromatic heterocycles. The predicted molar refractivity (Wildman–Crippen MR) is 107 cm³/mol. The highest BCUT2D eigenvalue weighted by Gasteiger charge is 2.33. The van der Waals surface area contributed by atoms with E-state index in [9.17, 15) is 14.7 Å². The lowest BCUT2D eigenvalue weighted by atomic mass is 9.85. The predicted octanol–water partition coefficient (Wildman–Crippen LogP) is 5.82. The van der Waals surface area contributed by atoms with Gasteiger partial charge in [-0.1, -0.05) is 70.6 Å². The summed E-state index contributed by atoms with van der Waals surface area (Å²) in [6, 6.07) is 3.32. The van der Waals surface area contributed by atoms with Gasteiger partial charge in [0.25, 0.3) is 5.78 Å². The fourth-order valence-corrected chi connectivity index (χ4v) is 4.44. The number of allylic oxidation sites excluding steroid dienone is 1. The quantitative estimate of drug-likeness (QED) is 0.440. The zero-order valence-corrected chi connectivity index (χ0v) is 16.2. The van der Waals surface area contributed by atoms with Crippen molar-refractivity contribution in [2.75, 3.05) is 0 Å². The van der Waals surface area contributed by atoms with Gasteiger partial charge in [-0.05, 0) is 30.9 Å². The molecule has 0 aromatic carbocycles. The molecule has 27 heavy (non-hydrogen) atoms. The summed E-state index contributed by atoms with van der Waals surface area (Å²) in [4.78, 5) is 28.3. The Labute approximate surface area is 162 Å². The van der Waals surface area contributed by atoms with E-state index in [-0.39, 0.29) is 17.0 Å². The van der Waals surface area contributed by atoms with Crippen molar-refractivity contribution in [2.45, 2.75) is 83.5 Å². The summed E-state index contributed by atoms with van der Waals surface area (Å²) < 4.78 is 0. The highest BCUT2D eigenvalue weighted by molar-refractivity contribution is 6.51. The molecule has 0 saturated heterocycles. The summed E-state index contributed by atoms with van der Waals surface area (Å²) >= 11 is 0. The number of unbranched alkanes of at least 4 members (excludes halogenated alkanes) is 5. The molecule has 0 spiro atoms. The molecule has 146 valence electrons. The van der Waals surface area contributed by atoms with Gasteiger partial charge in [-0.15, -0.1) is 0 Å². The van der Waals surface area contributed by atoms with E-state index in [0.29, 0.717) is 12.0 Å². The maximum absolute atomic E-state index is 12.2. The van der Waals surface area contributed by atoms with Crippen LogP contribution in [0.3, 0.4) is 0 Å². The molecule has 4 nitrogen and oxygen atoms in total. The number of ketones is 2. The monoisotopic (exact) mass is 369 g/mol. The number of hydrogen-bond acceptors (Lipinski definition) is 4. The molecule has 1 fully saturated rings. The fraction of sp³-hybridized carbons (Fsp3) is 0.609. The number of carbonyl (C=O) groups is 2. The van der Waals surface area contributed by atoms with Crippen LogP contribution in [-0.4, -0.2) is 21.7 Å². The Morgan fingerprint density at radius 2 is 1.63 bits per heavy atom. The fourth-order valence-electron chi connectivity index (χ4n) is 4.44. The molecule has 1 heterocycles. The minimum atomic E-state index is -0.596. The van der Waals surface area contributed by atoms with E-state index in [4.69, 9.17) is 0 Å². The summed E-state index contributed by atoms with van der Waals surface area (Å²) in [5.41, 5.74) is 0.722. The average molecular weight is 370 g/mol. The van der Waals surface area contributed by atoms with Crippen molar-refractivity contribution in [3.63, 3.8) is 0 Å². The van der Waals surface area contributed by atoms with Crippen LogP contribution >= 0.6 is 0 Å². The van der Waals surface area contributed by atoms with Crippen LogP contribution in [0.25, 0.3) is 5.76 Å². The van der Waals surface area contributed by atoms with Gasteiger partial charge in [-0.3, -0.25) is 14.6 Å². The second kappa shape index (κ2) is 9.82. The first-order chi connectivity index (χ1) is 13.2. The van der Waals surface area contributed by atoms with Gasteiger partial charge >= 0.3 is 0 Å². The largest absolute Gasteiger partial charge is 0.507 e. The molecule has 0 bridgehead atoms. The highest BCUT2D eigenvalue weighted by atomic mass is 16.3. The molecule has 0 atom stereocenters. The Morgan fingerprint density at radius 1 is 0.926 bits per heavy atom. The lowest BCUT2D eigenvalue weighted by Gasteiger charge is -2.21. The Bertz CT molecular complexity index is 701. The van der Waals surface area contributed by atoms with Crippen molar-refractivity contribution >= 4 is 17.3 Å². The summed E-state index contributed by atoms with van der Waals surface area (Å²) in [6.07, 6.45) is 17.4. The molecule has 3 rings (SSSR count). The maximum Gasteiger partial charge on any atom is 0.252 e. The van der Waals surface area contributed by atoms with Gasteiger partial charge in [0.05, 0.1) is 0 Å². The third kappa shape index (κ3) is 5.06. The number of carbonyl (C=O) groups excluding carboxylic acids is 2. The summed E-state index contributed by atoms with van der Waals surface area (Å²) in [7, 11) is 0. The minimum Gasteiger partial charge on any atom is -0.507 e. The van der Waals surface area contributed by atoms with Crippen molar-refractivity contribution in [1.82, 2.24) is 4.98 Å². The molecule has 2 aliphatic rings. The molecule has 0 radical (unpaired) electrons. The summed E-state index contributed by atoms with van der Waals surface area (Å²) in [5, 5.41) is 10.4. The van der Waals surface area contributed by atoms with Crippen LogP contribution < -0.4 is 0 Å². The van der Waals surface area contributed by atoms with Gasteiger partial charge < -0.3 is 5.11 Å². The van der Waals surface area contributed by atoms with E-state index >= 15 is 0 Å². The molecule has 4 heteroatoms. The van der Waals surface area contributed by atoms with E-state index in [1.54, 1.807) is 12.1 Å². The number of nitrogens with zero attached hydrogens (tertiary/aromatic N) is 1.